The second kappa shape index (κ2) is 9.73. The zero-order valence-corrected chi connectivity index (χ0v) is 14.3. The van der Waals surface area contributed by atoms with E-state index in [-0.39, 0.29) is 5.91 Å². The third-order valence-electron chi connectivity index (χ3n) is 3.99. The van der Waals surface area contributed by atoms with Crippen LogP contribution in [0, 0.1) is 0 Å². The quantitative estimate of drug-likeness (QED) is 0.721. The zero-order valence-electron chi connectivity index (χ0n) is 14.3. The summed E-state index contributed by atoms with van der Waals surface area (Å²) in [5, 5.41) is 0. The predicted molar refractivity (Wildman–Crippen MR) is 97.8 cm³/mol. The summed E-state index contributed by atoms with van der Waals surface area (Å²) in [6.45, 7) is 1.92. The van der Waals surface area contributed by atoms with E-state index in [1.165, 1.54) is 5.56 Å². The van der Waals surface area contributed by atoms with Crippen LogP contribution in [0.1, 0.15) is 17.5 Å². The molecule has 2 aromatic rings. The number of ether oxygens (including phenoxy) is 1. The summed E-state index contributed by atoms with van der Waals surface area (Å²) >= 11 is 0. The van der Waals surface area contributed by atoms with Gasteiger partial charge < -0.3 is 15.4 Å². The topological polar surface area (TPSA) is 55.6 Å². The number of anilines is 1. The van der Waals surface area contributed by atoms with E-state index >= 15 is 0 Å². The number of carbonyl (C=O) groups is 1. The average molecular weight is 326 g/mol. The van der Waals surface area contributed by atoms with Crippen LogP contribution in [-0.4, -0.2) is 37.6 Å². The van der Waals surface area contributed by atoms with Gasteiger partial charge in [0.25, 0.3) is 0 Å². The number of hydrogen-bond donors (Lipinski definition) is 1. The molecule has 0 aromatic heterocycles. The molecule has 128 valence electrons. The summed E-state index contributed by atoms with van der Waals surface area (Å²) in [6, 6.07) is 17.8. The molecule has 2 aromatic carbocycles. The maximum Gasteiger partial charge on any atom is 0.227 e. The average Bonchev–Trinajstić information content (AvgIpc) is 2.60. The Labute approximate surface area is 144 Å². The van der Waals surface area contributed by atoms with Crippen LogP contribution in [0.2, 0.25) is 0 Å². The molecular weight excluding hydrogens is 300 g/mol. The van der Waals surface area contributed by atoms with Gasteiger partial charge in [-0.15, -0.1) is 0 Å². The highest BCUT2D eigenvalue weighted by Crippen LogP contribution is 2.09. The lowest BCUT2D eigenvalue weighted by Crippen LogP contribution is -2.36. The molecule has 4 heteroatoms. The summed E-state index contributed by atoms with van der Waals surface area (Å²) in [7, 11) is 1.66. The van der Waals surface area contributed by atoms with Crippen molar-refractivity contribution in [2.24, 2.45) is 0 Å². The number of hydrogen-bond acceptors (Lipinski definition) is 3. The van der Waals surface area contributed by atoms with Crippen LogP contribution in [0.15, 0.2) is 54.6 Å². The molecule has 2 rings (SSSR count). The van der Waals surface area contributed by atoms with Gasteiger partial charge in [-0.05, 0) is 36.1 Å². The summed E-state index contributed by atoms with van der Waals surface area (Å²) in [6.07, 6.45) is 2.32. The van der Waals surface area contributed by atoms with Gasteiger partial charge in [0, 0.05) is 25.9 Å². The Kier molecular flexibility index (Phi) is 7.30. The smallest absolute Gasteiger partial charge is 0.227 e. The van der Waals surface area contributed by atoms with Gasteiger partial charge in [-0.2, -0.15) is 0 Å². The minimum Gasteiger partial charge on any atom is -0.399 e. The first-order chi connectivity index (χ1) is 11.7. The number of methoxy groups -OCH3 is 1. The van der Waals surface area contributed by atoms with Gasteiger partial charge in [-0.25, -0.2) is 0 Å². The van der Waals surface area contributed by atoms with Crippen molar-refractivity contribution < 1.29 is 9.53 Å². The molecule has 0 bridgehead atoms. The van der Waals surface area contributed by atoms with Gasteiger partial charge in [0.15, 0.2) is 0 Å². The number of carbonyl (C=O) groups excluding carboxylic acids is 1. The number of nitrogens with zero attached hydrogens (tertiary/aromatic N) is 1. The number of aryl methyl sites for hydroxylation is 1. The SMILES string of the molecule is COCCN(CCCc1ccccc1)C(=O)Cc1ccc(N)cc1. The van der Waals surface area contributed by atoms with E-state index in [0.717, 1.165) is 24.9 Å². The van der Waals surface area contributed by atoms with Crippen molar-refractivity contribution in [1.29, 1.82) is 0 Å². The first-order valence-corrected chi connectivity index (χ1v) is 8.34. The minimum absolute atomic E-state index is 0.130. The first kappa shape index (κ1) is 18.0. The Morgan fingerprint density at radius 3 is 2.38 bits per heavy atom. The normalized spacial score (nSPS) is 10.5. The monoisotopic (exact) mass is 326 g/mol. The highest BCUT2D eigenvalue weighted by atomic mass is 16.5. The third kappa shape index (κ3) is 6.05. The molecule has 2 N–H and O–H groups in total. The van der Waals surface area contributed by atoms with Gasteiger partial charge >= 0.3 is 0 Å². The van der Waals surface area contributed by atoms with Crippen LogP contribution in [0.3, 0.4) is 0 Å². The molecule has 0 spiro atoms. The van der Waals surface area contributed by atoms with Crippen molar-refractivity contribution in [2.75, 3.05) is 32.5 Å². The maximum atomic E-state index is 12.6. The van der Waals surface area contributed by atoms with Crippen LogP contribution >= 0.6 is 0 Å². The fraction of sp³-hybridized carbons (Fsp3) is 0.350. The van der Waals surface area contributed by atoms with Crippen LogP contribution in [-0.2, 0) is 22.4 Å². The fourth-order valence-electron chi connectivity index (χ4n) is 2.60. The number of amides is 1. The lowest BCUT2D eigenvalue weighted by atomic mass is 10.1. The van der Waals surface area contributed by atoms with Crippen molar-refractivity contribution in [3.63, 3.8) is 0 Å². The largest absolute Gasteiger partial charge is 0.399 e. The molecule has 0 unspecified atom stereocenters. The summed E-state index contributed by atoms with van der Waals surface area (Å²) in [5.41, 5.74) is 8.69. The Bertz CT molecular complexity index is 611. The van der Waals surface area contributed by atoms with E-state index < -0.39 is 0 Å². The molecule has 0 atom stereocenters. The zero-order chi connectivity index (χ0) is 17.2. The molecule has 0 aliphatic carbocycles. The highest BCUT2D eigenvalue weighted by Gasteiger charge is 2.13. The van der Waals surface area contributed by atoms with Gasteiger partial charge in [0.1, 0.15) is 0 Å². The van der Waals surface area contributed by atoms with Gasteiger partial charge in [-0.1, -0.05) is 42.5 Å². The summed E-state index contributed by atoms with van der Waals surface area (Å²) in [4.78, 5) is 14.5. The van der Waals surface area contributed by atoms with E-state index in [2.05, 4.69) is 12.1 Å². The number of rotatable bonds is 9. The Morgan fingerprint density at radius 1 is 1.00 bits per heavy atom. The lowest BCUT2D eigenvalue weighted by molar-refractivity contribution is -0.131. The minimum atomic E-state index is 0.130. The van der Waals surface area contributed by atoms with Crippen molar-refractivity contribution in [3.8, 4) is 0 Å². The van der Waals surface area contributed by atoms with E-state index in [1.54, 1.807) is 7.11 Å². The Morgan fingerprint density at radius 2 is 1.71 bits per heavy atom. The summed E-state index contributed by atoms with van der Waals surface area (Å²) in [5.74, 6) is 0.130. The molecule has 0 saturated carbocycles. The van der Waals surface area contributed by atoms with Crippen molar-refractivity contribution >= 4 is 11.6 Å². The van der Waals surface area contributed by atoms with E-state index in [0.29, 0.717) is 25.3 Å². The lowest BCUT2D eigenvalue weighted by Gasteiger charge is -2.22. The van der Waals surface area contributed by atoms with Crippen molar-refractivity contribution in [2.45, 2.75) is 19.3 Å². The number of nitrogen functional groups attached to an aromatic ring is 1. The standard InChI is InChI=1S/C20H26N2O2/c1-24-15-14-22(13-5-8-17-6-3-2-4-7-17)20(23)16-18-9-11-19(21)12-10-18/h2-4,6-7,9-12H,5,8,13-16,21H2,1H3. The van der Waals surface area contributed by atoms with Crippen LogP contribution in [0.5, 0.6) is 0 Å². The van der Waals surface area contributed by atoms with Crippen molar-refractivity contribution in [3.05, 3.63) is 65.7 Å². The first-order valence-electron chi connectivity index (χ1n) is 8.34. The number of nitrogens with two attached hydrogens (primary N) is 1. The molecule has 24 heavy (non-hydrogen) atoms. The molecule has 0 saturated heterocycles. The molecular formula is C20H26N2O2. The molecule has 1 amide bonds. The van der Waals surface area contributed by atoms with Crippen LogP contribution in [0.4, 0.5) is 5.69 Å². The van der Waals surface area contributed by atoms with E-state index in [9.17, 15) is 4.79 Å². The highest BCUT2D eigenvalue weighted by molar-refractivity contribution is 5.78. The third-order valence-corrected chi connectivity index (χ3v) is 3.99. The molecule has 0 aliphatic heterocycles. The second-order valence-electron chi connectivity index (χ2n) is 5.88. The van der Waals surface area contributed by atoms with Gasteiger partial charge in [0.2, 0.25) is 5.91 Å². The molecule has 0 fully saturated rings. The number of benzene rings is 2. The van der Waals surface area contributed by atoms with Gasteiger partial charge in [-0.3, -0.25) is 4.79 Å². The van der Waals surface area contributed by atoms with Crippen LogP contribution < -0.4 is 5.73 Å². The van der Waals surface area contributed by atoms with E-state index in [4.69, 9.17) is 10.5 Å². The molecule has 4 nitrogen and oxygen atoms in total. The fourth-order valence-corrected chi connectivity index (χ4v) is 2.60. The van der Waals surface area contributed by atoms with Crippen LogP contribution in [0.25, 0.3) is 0 Å². The molecule has 0 heterocycles. The maximum absolute atomic E-state index is 12.6. The predicted octanol–water partition coefficient (Wildman–Crippen LogP) is 2.92. The second-order valence-corrected chi connectivity index (χ2v) is 5.88. The van der Waals surface area contributed by atoms with Gasteiger partial charge in [0.05, 0.1) is 13.0 Å². The van der Waals surface area contributed by atoms with Crippen molar-refractivity contribution in [1.82, 2.24) is 4.90 Å². The van der Waals surface area contributed by atoms with E-state index in [1.807, 2.05) is 47.4 Å². The molecule has 0 radical (unpaired) electrons. The Hall–Kier alpha value is -2.33. The molecule has 0 aliphatic rings. The Balaban J connectivity index is 1.88. The summed E-state index contributed by atoms with van der Waals surface area (Å²) < 4.78 is 5.14.